The molecule has 0 spiro atoms. The predicted molar refractivity (Wildman–Crippen MR) is 156 cm³/mol. The number of nitrogens with zero attached hydrogens (tertiary/aromatic N) is 4. The van der Waals surface area contributed by atoms with Gasteiger partial charge in [0.1, 0.15) is 16.4 Å². The highest BCUT2D eigenvalue weighted by Gasteiger charge is 2.34. The van der Waals surface area contributed by atoms with Crippen molar-refractivity contribution in [3.05, 3.63) is 53.2 Å². The Kier molecular flexibility index (Phi) is 8.78. The molecule has 1 saturated heterocycles. The zero-order valence-electron chi connectivity index (χ0n) is 23.6. The zero-order chi connectivity index (χ0) is 30.0. The minimum atomic E-state index is -3.19. The fraction of sp³-hybridized carbons (Fsp3) is 0.429. The maximum atomic E-state index is 14.1. The molecule has 41 heavy (non-hydrogen) atoms. The van der Waals surface area contributed by atoms with E-state index in [0.717, 1.165) is 0 Å². The van der Waals surface area contributed by atoms with Gasteiger partial charge < -0.3 is 15.0 Å². The molecule has 0 aliphatic carbocycles. The molecule has 3 heterocycles. The average Bonchev–Trinajstić information content (AvgIpc) is 3.32. The lowest BCUT2D eigenvalue weighted by molar-refractivity contribution is -0.0102. The number of hydrogen-bond acceptors (Lipinski definition) is 8. The number of nitrogens with one attached hydrogen (secondary N) is 1. The Morgan fingerprint density at radius 2 is 1.95 bits per heavy atom. The summed E-state index contributed by atoms with van der Waals surface area (Å²) in [5.41, 5.74) is 1.02. The van der Waals surface area contributed by atoms with Crippen LogP contribution in [0.4, 0.5) is 25.1 Å². The Morgan fingerprint density at radius 3 is 2.63 bits per heavy atom. The number of hydrogen-bond donors (Lipinski definition) is 1. The average molecular weight is 606 g/mol. The van der Waals surface area contributed by atoms with Crippen molar-refractivity contribution in [1.82, 2.24) is 9.97 Å². The third kappa shape index (κ3) is 7.64. The lowest BCUT2D eigenvalue weighted by atomic mass is 10.0. The van der Waals surface area contributed by atoms with Crippen molar-refractivity contribution >= 4 is 44.6 Å². The molecule has 220 valence electrons. The maximum absolute atomic E-state index is 14.1. The van der Waals surface area contributed by atoms with Gasteiger partial charge in [-0.2, -0.15) is 0 Å². The number of carbonyl (C=O) groups excluding carboxylic acids is 2. The van der Waals surface area contributed by atoms with Crippen molar-refractivity contribution in [3.63, 3.8) is 0 Å². The molecule has 1 atom stereocenters. The van der Waals surface area contributed by atoms with Gasteiger partial charge in [0.2, 0.25) is 5.92 Å². The van der Waals surface area contributed by atoms with E-state index < -0.39 is 33.3 Å². The largest absolute Gasteiger partial charge is 0.442 e. The summed E-state index contributed by atoms with van der Waals surface area (Å²) in [5, 5.41) is 5.32. The number of halogens is 2. The summed E-state index contributed by atoms with van der Waals surface area (Å²) < 4.78 is 50.5. The van der Waals surface area contributed by atoms with Crippen LogP contribution in [0.5, 0.6) is 0 Å². The second-order valence-electron chi connectivity index (χ2n) is 10.9. The second-order valence-corrected chi connectivity index (χ2v) is 14.0. The van der Waals surface area contributed by atoms with E-state index in [0.29, 0.717) is 34.2 Å². The number of amides is 2. The van der Waals surface area contributed by atoms with E-state index in [1.54, 1.807) is 63.2 Å². The van der Waals surface area contributed by atoms with Gasteiger partial charge in [-0.25, -0.2) is 27.8 Å². The summed E-state index contributed by atoms with van der Waals surface area (Å²) >= 11 is 1.40. The third-order valence-corrected chi connectivity index (χ3v) is 8.83. The van der Waals surface area contributed by atoms with Crippen LogP contribution in [0.25, 0.3) is 10.6 Å². The van der Waals surface area contributed by atoms with Gasteiger partial charge in [-0.3, -0.25) is 4.79 Å². The Labute approximate surface area is 242 Å². The SMILES string of the molecule is Cc1c(-c2nccs2)cnc(N2CCCC(F)(F)CC2)c1C(=O)Nc1cccc(S(C)(=O)=NC(=O)OC(C)(C)C)c1. The van der Waals surface area contributed by atoms with Crippen LogP contribution in [0.2, 0.25) is 0 Å². The highest BCUT2D eigenvalue weighted by molar-refractivity contribution is 7.93. The molecule has 13 heteroatoms. The van der Waals surface area contributed by atoms with Crippen LogP contribution in [0, 0.1) is 6.92 Å². The molecule has 1 aromatic carbocycles. The first kappa shape index (κ1) is 30.5. The van der Waals surface area contributed by atoms with E-state index in [-0.39, 0.29) is 36.3 Å². The zero-order valence-corrected chi connectivity index (χ0v) is 25.2. The molecular weight excluding hydrogens is 572 g/mol. The Hall–Kier alpha value is -3.45. The topological polar surface area (TPSA) is 114 Å². The number of aromatic nitrogens is 2. The monoisotopic (exact) mass is 605 g/mol. The highest BCUT2D eigenvalue weighted by Crippen LogP contribution is 2.35. The summed E-state index contributed by atoms with van der Waals surface area (Å²) in [7, 11) is -3.19. The number of ether oxygens (including phenoxy) is 1. The number of pyridine rings is 1. The molecule has 1 aliphatic heterocycles. The molecule has 1 N–H and O–H groups in total. The Bertz CT molecular complexity index is 1560. The minimum absolute atomic E-state index is 0.0515. The van der Waals surface area contributed by atoms with Gasteiger partial charge in [-0.1, -0.05) is 6.07 Å². The number of rotatable bonds is 5. The molecule has 0 radical (unpaired) electrons. The van der Waals surface area contributed by atoms with Crippen LogP contribution in [0.15, 0.2) is 51.3 Å². The van der Waals surface area contributed by atoms with Gasteiger partial charge in [0.15, 0.2) is 0 Å². The number of thiazole rings is 1. The standard InChI is InChI=1S/C28H33F2N5O4S2/c1-18-21(25-31-12-15-40-25)17-32-23(35-13-7-10-28(29,30)11-14-35)22(18)24(36)33-19-8-6-9-20(16-19)41(5,38)34-26(37)39-27(2,3)4/h6,8-9,12,15-17H,7,10-11,13-14H2,1-5H3,(H,33,36). The van der Waals surface area contributed by atoms with Crippen LogP contribution >= 0.6 is 11.3 Å². The molecule has 0 saturated carbocycles. The molecule has 2 aromatic heterocycles. The molecule has 1 unspecified atom stereocenters. The lowest BCUT2D eigenvalue weighted by Gasteiger charge is -2.25. The van der Waals surface area contributed by atoms with Gasteiger partial charge in [-0.15, -0.1) is 15.7 Å². The first-order valence-electron chi connectivity index (χ1n) is 13.0. The van der Waals surface area contributed by atoms with Crippen LogP contribution in [-0.2, 0) is 14.5 Å². The van der Waals surface area contributed by atoms with Gasteiger partial charge >= 0.3 is 6.09 Å². The summed E-state index contributed by atoms with van der Waals surface area (Å²) in [5.74, 6) is -2.97. The number of benzene rings is 1. The van der Waals surface area contributed by atoms with E-state index in [4.69, 9.17) is 4.74 Å². The van der Waals surface area contributed by atoms with Gasteiger partial charge in [0, 0.05) is 66.1 Å². The predicted octanol–water partition coefficient (Wildman–Crippen LogP) is 6.78. The normalized spacial score (nSPS) is 16.8. The molecule has 4 rings (SSSR count). The Balaban J connectivity index is 1.69. The van der Waals surface area contributed by atoms with E-state index in [2.05, 4.69) is 19.6 Å². The summed E-state index contributed by atoms with van der Waals surface area (Å²) in [6, 6.07) is 6.23. The molecule has 3 aromatic rings. The van der Waals surface area contributed by atoms with Crippen LogP contribution < -0.4 is 10.2 Å². The first-order chi connectivity index (χ1) is 19.2. The summed E-state index contributed by atoms with van der Waals surface area (Å²) in [4.78, 5) is 36.9. The summed E-state index contributed by atoms with van der Waals surface area (Å²) in [6.07, 6.45) is 3.34. The smallest absolute Gasteiger partial charge is 0.442 e. The fourth-order valence-corrected chi connectivity index (χ4v) is 6.24. The van der Waals surface area contributed by atoms with E-state index >= 15 is 0 Å². The van der Waals surface area contributed by atoms with E-state index in [1.807, 2.05) is 5.38 Å². The minimum Gasteiger partial charge on any atom is -0.442 e. The number of anilines is 2. The van der Waals surface area contributed by atoms with Gasteiger partial charge in [-0.05, 0) is 57.9 Å². The first-order valence-corrected chi connectivity index (χ1v) is 15.8. The van der Waals surface area contributed by atoms with Crippen molar-refractivity contribution < 1.29 is 27.3 Å². The van der Waals surface area contributed by atoms with Crippen LogP contribution in [0.1, 0.15) is 56.0 Å². The lowest BCUT2D eigenvalue weighted by Crippen LogP contribution is -2.30. The molecular formula is C28H33F2N5O4S2. The van der Waals surface area contributed by atoms with E-state index in [9.17, 15) is 22.6 Å². The molecule has 2 amide bonds. The molecule has 9 nitrogen and oxygen atoms in total. The van der Waals surface area contributed by atoms with Crippen molar-refractivity contribution in [2.45, 2.75) is 63.4 Å². The Morgan fingerprint density at radius 1 is 1.20 bits per heavy atom. The van der Waals surface area contributed by atoms with E-state index in [1.165, 1.54) is 23.7 Å². The second kappa shape index (κ2) is 11.8. The van der Waals surface area contributed by atoms with Crippen LogP contribution in [0.3, 0.4) is 0 Å². The quantitative estimate of drug-likeness (QED) is 0.341. The van der Waals surface area contributed by atoms with Crippen LogP contribution in [-0.4, -0.2) is 57.0 Å². The molecule has 1 fully saturated rings. The highest BCUT2D eigenvalue weighted by atomic mass is 32.2. The van der Waals surface area contributed by atoms with Crippen molar-refractivity contribution in [3.8, 4) is 10.6 Å². The maximum Gasteiger partial charge on any atom is 0.442 e. The number of carbonyl (C=O) groups is 2. The van der Waals surface area contributed by atoms with Crippen molar-refractivity contribution in [1.29, 1.82) is 0 Å². The van der Waals surface area contributed by atoms with Gasteiger partial charge in [0.05, 0.1) is 15.3 Å². The molecule has 0 bridgehead atoms. The van der Waals surface area contributed by atoms with Crippen molar-refractivity contribution in [2.24, 2.45) is 4.36 Å². The summed E-state index contributed by atoms with van der Waals surface area (Å²) in [6.45, 7) is 7.20. The fourth-order valence-electron chi connectivity index (χ4n) is 4.43. The number of alkyl halides is 2. The van der Waals surface area contributed by atoms with Crippen molar-refractivity contribution in [2.75, 3.05) is 29.6 Å². The third-order valence-electron chi connectivity index (χ3n) is 6.40. The van der Waals surface area contributed by atoms with Gasteiger partial charge in [0.25, 0.3) is 5.91 Å². The molecule has 1 aliphatic rings.